The van der Waals surface area contributed by atoms with Crippen LogP contribution in [0.2, 0.25) is 0 Å². The van der Waals surface area contributed by atoms with Crippen LogP contribution < -0.4 is 0 Å². The molecule has 0 saturated carbocycles. The van der Waals surface area contributed by atoms with Crippen LogP contribution in [0.1, 0.15) is 27.7 Å². The molecule has 0 aromatic rings. The molecule has 0 atom stereocenters. The van der Waals surface area contributed by atoms with Crippen molar-refractivity contribution in [2.45, 2.75) is 38.9 Å². The number of allylic oxidation sites excluding steroid dienone is 4. The van der Waals surface area contributed by atoms with Gasteiger partial charge in [-0.2, -0.15) is 0 Å². The Balaban J connectivity index is 0. The van der Waals surface area contributed by atoms with Gasteiger partial charge in [0.2, 0.25) is 0 Å². The van der Waals surface area contributed by atoms with Crippen molar-refractivity contribution < 1.29 is 10.2 Å². The molecule has 0 aliphatic heterocycles. The van der Waals surface area contributed by atoms with Gasteiger partial charge in [0.25, 0.3) is 0 Å². The summed E-state index contributed by atoms with van der Waals surface area (Å²) in [5, 5.41) is 18.0. The van der Waals surface area contributed by atoms with E-state index in [9.17, 15) is 0 Å². The van der Waals surface area contributed by atoms with E-state index in [0.717, 1.165) is 0 Å². The molecule has 0 heterocycles. The molecule has 0 aliphatic carbocycles. The molecule has 0 bridgehead atoms. The molecule has 2 nitrogen and oxygen atoms in total. The number of aliphatic hydroxyl groups is 2. The van der Waals surface area contributed by atoms with Gasteiger partial charge in [0.05, 0.1) is 11.2 Å². The lowest BCUT2D eigenvalue weighted by Crippen LogP contribution is -2.13. The van der Waals surface area contributed by atoms with Gasteiger partial charge in [0.1, 0.15) is 0 Å². The van der Waals surface area contributed by atoms with Crippen molar-refractivity contribution in [2.24, 2.45) is 0 Å². The van der Waals surface area contributed by atoms with E-state index >= 15 is 0 Å². The highest BCUT2D eigenvalue weighted by Gasteiger charge is 2.04. The highest BCUT2D eigenvalue weighted by Crippen LogP contribution is 2.01. The van der Waals surface area contributed by atoms with Gasteiger partial charge < -0.3 is 10.2 Å². The van der Waals surface area contributed by atoms with Crippen molar-refractivity contribution in [1.29, 1.82) is 0 Å². The Kier molecular flexibility index (Phi) is 8.73. The van der Waals surface area contributed by atoms with Crippen LogP contribution in [0, 0.1) is 0 Å². The van der Waals surface area contributed by atoms with Crippen LogP contribution in [0.3, 0.4) is 0 Å². The average molecular weight is 224 g/mol. The van der Waals surface area contributed by atoms with Gasteiger partial charge in [0.15, 0.2) is 0 Å². The monoisotopic (exact) mass is 224 g/mol. The maximum Gasteiger partial charge on any atom is 0.0774 e. The van der Waals surface area contributed by atoms with Crippen molar-refractivity contribution in [2.75, 3.05) is 0 Å². The summed E-state index contributed by atoms with van der Waals surface area (Å²) in [4.78, 5) is 0. The normalized spacial score (nSPS) is 12.4. The van der Waals surface area contributed by atoms with Gasteiger partial charge in [-0.05, 0) is 27.7 Å². The Labute approximate surface area is 99.3 Å². The van der Waals surface area contributed by atoms with Crippen LogP contribution in [0.15, 0.2) is 49.6 Å². The molecule has 0 aromatic carbocycles. The molecular weight excluding hydrogens is 200 g/mol. The zero-order valence-electron chi connectivity index (χ0n) is 10.8. The summed E-state index contributed by atoms with van der Waals surface area (Å²) in [5.41, 5.74) is -1.40. The smallest absolute Gasteiger partial charge is 0.0774 e. The van der Waals surface area contributed by atoms with E-state index in [1.54, 1.807) is 64.2 Å². The summed E-state index contributed by atoms with van der Waals surface area (Å²) in [6.07, 6.45) is 10.1. The molecule has 0 amide bonds. The SMILES string of the molecule is C=C/C=C\C(C)(C)O.C=C/C=C\C(C)(C)O. The molecule has 16 heavy (non-hydrogen) atoms. The van der Waals surface area contributed by atoms with Crippen molar-refractivity contribution in [3.8, 4) is 0 Å². The summed E-state index contributed by atoms with van der Waals surface area (Å²) in [7, 11) is 0. The zero-order chi connectivity index (χ0) is 13.2. The summed E-state index contributed by atoms with van der Waals surface area (Å²) < 4.78 is 0. The number of rotatable bonds is 4. The Morgan fingerprint density at radius 3 is 1.06 bits per heavy atom. The maximum absolute atomic E-state index is 9.01. The standard InChI is InChI=1S/2C7H12O/c2*1-4-5-6-7(2,3)8/h2*4-6,8H,1H2,2-3H3/b2*6-5-. The second-order valence-corrected chi connectivity index (χ2v) is 4.50. The summed E-state index contributed by atoms with van der Waals surface area (Å²) in [6, 6.07) is 0. The van der Waals surface area contributed by atoms with Crippen molar-refractivity contribution in [1.82, 2.24) is 0 Å². The first-order valence-electron chi connectivity index (χ1n) is 5.17. The average Bonchev–Trinajstić information content (AvgIpc) is 2.10. The van der Waals surface area contributed by atoms with Crippen LogP contribution in [-0.2, 0) is 0 Å². The topological polar surface area (TPSA) is 40.5 Å². The Bertz CT molecular complexity index is 219. The minimum atomic E-state index is -0.700. The second-order valence-electron chi connectivity index (χ2n) is 4.50. The molecule has 0 radical (unpaired) electrons. The summed E-state index contributed by atoms with van der Waals surface area (Å²) in [6.45, 7) is 13.8. The quantitative estimate of drug-likeness (QED) is 0.721. The Morgan fingerprint density at radius 2 is 1.00 bits per heavy atom. The van der Waals surface area contributed by atoms with Crippen molar-refractivity contribution in [3.63, 3.8) is 0 Å². The van der Waals surface area contributed by atoms with Crippen LogP contribution in [0.5, 0.6) is 0 Å². The van der Waals surface area contributed by atoms with Crippen LogP contribution in [0.4, 0.5) is 0 Å². The first-order valence-corrected chi connectivity index (χ1v) is 5.17. The van der Waals surface area contributed by atoms with Gasteiger partial charge in [0, 0.05) is 0 Å². The lowest BCUT2D eigenvalue weighted by Gasteiger charge is -2.08. The van der Waals surface area contributed by atoms with E-state index in [1.807, 2.05) is 0 Å². The largest absolute Gasteiger partial charge is 0.386 e. The minimum absolute atomic E-state index is 0.700. The summed E-state index contributed by atoms with van der Waals surface area (Å²) >= 11 is 0. The van der Waals surface area contributed by atoms with E-state index in [-0.39, 0.29) is 0 Å². The molecule has 2 N–H and O–H groups in total. The molecule has 0 unspecified atom stereocenters. The zero-order valence-corrected chi connectivity index (χ0v) is 10.8. The van der Waals surface area contributed by atoms with Crippen LogP contribution >= 0.6 is 0 Å². The number of hydrogen-bond donors (Lipinski definition) is 2. The van der Waals surface area contributed by atoms with E-state index in [2.05, 4.69) is 13.2 Å². The lowest BCUT2D eigenvalue weighted by atomic mass is 10.1. The third kappa shape index (κ3) is 23.1. The fourth-order valence-corrected chi connectivity index (χ4v) is 0.607. The molecular formula is C14H24O2. The highest BCUT2D eigenvalue weighted by molar-refractivity contribution is 5.04. The molecule has 92 valence electrons. The first kappa shape index (κ1) is 17.3. The fraction of sp³-hybridized carbons (Fsp3) is 0.429. The predicted molar refractivity (Wildman–Crippen MR) is 71.3 cm³/mol. The molecule has 0 fully saturated rings. The van der Waals surface area contributed by atoms with E-state index in [4.69, 9.17) is 10.2 Å². The van der Waals surface area contributed by atoms with Gasteiger partial charge in [-0.15, -0.1) is 0 Å². The Hall–Kier alpha value is -1.12. The maximum atomic E-state index is 9.01. The highest BCUT2D eigenvalue weighted by atomic mass is 16.3. The van der Waals surface area contributed by atoms with Gasteiger partial charge >= 0.3 is 0 Å². The summed E-state index contributed by atoms with van der Waals surface area (Å²) in [5.74, 6) is 0. The fourth-order valence-electron chi connectivity index (χ4n) is 0.607. The second kappa shape index (κ2) is 8.08. The van der Waals surface area contributed by atoms with Gasteiger partial charge in [-0.3, -0.25) is 0 Å². The molecule has 0 spiro atoms. The predicted octanol–water partition coefficient (Wildman–Crippen LogP) is 3.00. The first-order chi connectivity index (χ1) is 7.12. The van der Waals surface area contributed by atoms with Crippen molar-refractivity contribution in [3.05, 3.63) is 49.6 Å². The molecule has 0 saturated heterocycles. The van der Waals surface area contributed by atoms with Gasteiger partial charge in [-0.1, -0.05) is 49.6 Å². The molecule has 0 rings (SSSR count). The minimum Gasteiger partial charge on any atom is -0.386 e. The van der Waals surface area contributed by atoms with E-state index in [1.165, 1.54) is 0 Å². The lowest BCUT2D eigenvalue weighted by molar-refractivity contribution is 0.132. The van der Waals surface area contributed by atoms with E-state index < -0.39 is 11.2 Å². The van der Waals surface area contributed by atoms with Crippen molar-refractivity contribution >= 4 is 0 Å². The Morgan fingerprint density at radius 1 is 0.750 bits per heavy atom. The third-order valence-electron chi connectivity index (χ3n) is 1.28. The van der Waals surface area contributed by atoms with Crippen LogP contribution in [-0.4, -0.2) is 21.4 Å². The molecule has 0 aromatic heterocycles. The van der Waals surface area contributed by atoms with E-state index in [0.29, 0.717) is 0 Å². The third-order valence-corrected chi connectivity index (χ3v) is 1.28. The van der Waals surface area contributed by atoms with Crippen LogP contribution in [0.25, 0.3) is 0 Å². The number of hydrogen-bond acceptors (Lipinski definition) is 2. The molecule has 0 aliphatic rings. The van der Waals surface area contributed by atoms with Gasteiger partial charge in [-0.25, -0.2) is 0 Å². The molecule has 2 heteroatoms.